The topological polar surface area (TPSA) is 91.7 Å². The molecule has 1 aliphatic heterocycles. The Morgan fingerprint density at radius 1 is 1.19 bits per heavy atom. The van der Waals surface area contributed by atoms with Crippen LogP contribution in [0.3, 0.4) is 0 Å². The van der Waals surface area contributed by atoms with Crippen LogP contribution in [0.1, 0.15) is 48.7 Å². The van der Waals surface area contributed by atoms with Crippen LogP contribution in [0.25, 0.3) is 0 Å². The van der Waals surface area contributed by atoms with Gasteiger partial charge in [0.15, 0.2) is 0 Å². The molecule has 1 heterocycles. The highest BCUT2D eigenvalue weighted by molar-refractivity contribution is 5.94. The number of amides is 2. The number of carbonyl (C=O) groups is 2. The molecule has 0 radical (unpaired) electrons. The van der Waals surface area contributed by atoms with Crippen molar-refractivity contribution >= 4 is 12.0 Å². The predicted molar refractivity (Wildman–Crippen MR) is 116 cm³/mol. The van der Waals surface area contributed by atoms with Gasteiger partial charge in [-0.25, -0.2) is 4.79 Å². The van der Waals surface area contributed by atoms with Crippen molar-refractivity contribution in [2.45, 2.75) is 45.4 Å². The number of carbonyl (C=O) groups excluding carboxylic acids is 2. The van der Waals surface area contributed by atoms with Crippen molar-refractivity contribution in [3.05, 3.63) is 65.2 Å². The van der Waals surface area contributed by atoms with Gasteiger partial charge >= 0.3 is 6.09 Å². The lowest BCUT2D eigenvalue weighted by Crippen LogP contribution is -2.36. The second kappa shape index (κ2) is 9.52. The standard InChI is InChI=1S/C24H27N3O4/c1-24(2,3)31-23(29)27-12-11-21(16-27)30-20-9-7-17(8-10-20)15-26-22(28)19-6-4-5-18(13-19)14-25/h4-10,13,21H,11-12,15-16H2,1-3H3,(H,26,28). The minimum Gasteiger partial charge on any atom is -0.489 e. The first-order valence-electron chi connectivity index (χ1n) is 10.3. The van der Waals surface area contributed by atoms with E-state index in [9.17, 15) is 9.59 Å². The minimum atomic E-state index is -0.514. The van der Waals surface area contributed by atoms with Crippen LogP contribution in [-0.4, -0.2) is 41.7 Å². The molecule has 7 heteroatoms. The predicted octanol–water partition coefficient (Wildman–Crippen LogP) is 3.88. The fourth-order valence-electron chi connectivity index (χ4n) is 3.21. The maximum Gasteiger partial charge on any atom is 0.410 e. The smallest absolute Gasteiger partial charge is 0.410 e. The van der Waals surface area contributed by atoms with Crippen LogP contribution in [-0.2, 0) is 11.3 Å². The summed E-state index contributed by atoms with van der Waals surface area (Å²) in [5.41, 5.74) is 1.32. The van der Waals surface area contributed by atoms with Crippen LogP contribution in [0.15, 0.2) is 48.5 Å². The molecule has 3 rings (SSSR count). The van der Waals surface area contributed by atoms with Crippen molar-refractivity contribution in [3.63, 3.8) is 0 Å². The quantitative estimate of drug-likeness (QED) is 0.791. The lowest BCUT2D eigenvalue weighted by molar-refractivity contribution is 0.0275. The minimum absolute atomic E-state index is 0.0783. The van der Waals surface area contributed by atoms with E-state index in [-0.39, 0.29) is 18.1 Å². The highest BCUT2D eigenvalue weighted by Crippen LogP contribution is 2.21. The first-order chi connectivity index (χ1) is 14.7. The molecule has 1 unspecified atom stereocenters. The van der Waals surface area contributed by atoms with Gasteiger partial charge in [-0.05, 0) is 56.7 Å². The number of nitrogens with zero attached hydrogens (tertiary/aromatic N) is 2. The van der Waals surface area contributed by atoms with Gasteiger partial charge in [-0.2, -0.15) is 5.26 Å². The van der Waals surface area contributed by atoms with E-state index in [0.717, 1.165) is 12.0 Å². The SMILES string of the molecule is CC(C)(C)OC(=O)N1CCC(Oc2ccc(CNC(=O)c3cccc(C#N)c3)cc2)C1. The first-order valence-corrected chi connectivity index (χ1v) is 10.3. The number of benzene rings is 2. The van der Waals surface area contributed by atoms with Gasteiger partial charge in [0.05, 0.1) is 18.2 Å². The summed E-state index contributed by atoms with van der Waals surface area (Å²) in [6.07, 6.45) is 0.356. The van der Waals surface area contributed by atoms with Crippen molar-refractivity contribution in [3.8, 4) is 11.8 Å². The van der Waals surface area contributed by atoms with E-state index in [0.29, 0.717) is 36.5 Å². The maximum absolute atomic E-state index is 12.3. The summed E-state index contributed by atoms with van der Waals surface area (Å²) < 4.78 is 11.4. The number of hydrogen-bond donors (Lipinski definition) is 1. The molecule has 0 aliphatic carbocycles. The second-order valence-corrected chi connectivity index (χ2v) is 8.47. The molecule has 2 amide bonds. The molecule has 1 saturated heterocycles. The summed E-state index contributed by atoms with van der Waals surface area (Å²) in [6.45, 7) is 7.02. The molecule has 1 N–H and O–H groups in total. The average molecular weight is 421 g/mol. The fourth-order valence-corrected chi connectivity index (χ4v) is 3.21. The van der Waals surface area contributed by atoms with Crippen molar-refractivity contribution in [1.29, 1.82) is 5.26 Å². The summed E-state index contributed by atoms with van der Waals surface area (Å²) >= 11 is 0. The zero-order valence-electron chi connectivity index (χ0n) is 18.1. The van der Waals surface area contributed by atoms with Gasteiger partial charge in [0.25, 0.3) is 5.91 Å². The van der Waals surface area contributed by atoms with E-state index >= 15 is 0 Å². The highest BCUT2D eigenvalue weighted by Gasteiger charge is 2.30. The number of hydrogen-bond acceptors (Lipinski definition) is 5. The van der Waals surface area contributed by atoms with Gasteiger partial charge in [0.1, 0.15) is 17.5 Å². The Balaban J connectivity index is 1.48. The lowest BCUT2D eigenvalue weighted by atomic mass is 10.1. The second-order valence-electron chi connectivity index (χ2n) is 8.47. The molecule has 0 saturated carbocycles. The van der Waals surface area contributed by atoms with E-state index in [1.54, 1.807) is 29.2 Å². The summed E-state index contributed by atoms with van der Waals surface area (Å²) in [4.78, 5) is 26.1. The first kappa shape index (κ1) is 22.2. The van der Waals surface area contributed by atoms with E-state index in [4.69, 9.17) is 14.7 Å². The highest BCUT2D eigenvalue weighted by atomic mass is 16.6. The number of nitrogens with one attached hydrogen (secondary N) is 1. The molecule has 7 nitrogen and oxygen atoms in total. The van der Waals surface area contributed by atoms with Gasteiger partial charge in [0.2, 0.25) is 0 Å². The molecule has 0 spiro atoms. The van der Waals surface area contributed by atoms with Gasteiger partial charge in [-0.1, -0.05) is 18.2 Å². The Bertz CT molecular complexity index is 974. The van der Waals surface area contributed by atoms with Crippen molar-refractivity contribution in [2.75, 3.05) is 13.1 Å². The van der Waals surface area contributed by atoms with Crippen LogP contribution >= 0.6 is 0 Å². The van der Waals surface area contributed by atoms with E-state index in [1.807, 2.05) is 51.1 Å². The van der Waals surface area contributed by atoms with Crippen molar-refractivity contribution in [1.82, 2.24) is 10.2 Å². The van der Waals surface area contributed by atoms with Crippen LogP contribution in [0.4, 0.5) is 4.79 Å². The Labute approximate surface area is 182 Å². The van der Waals surface area contributed by atoms with Crippen molar-refractivity contribution in [2.24, 2.45) is 0 Å². The third-order valence-electron chi connectivity index (χ3n) is 4.73. The molecular formula is C24H27N3O4. The monoisotopic (exact) mass is 421 g/mol. The molecule has 31 heavy (non-hydrogen) atoms. The molecule has 2 aromatic rings. The van der Waals surface area contributed by atoms with Crippen LogP contribution < -0.4 is 10.1 Å². The molecule has 162 valence electrons. The molecule has 1 atom stereocenters. The van der Waals surface area contributed by atoms with Crippen LogP contribution in [0, 0.1) is 11.3 Å². The zero-order valence-corrected chi connectivity index (χ0v) is 18.1. The molecule has 0 aromatic heterocycles. The van der Waals surface area contributed by atoms with E-state index < -0.39 is 5.60 Å². The molecule has 1 fully saturated rings. The van der Waals surface area contributed by atoms with Gasteiger partial charge < -0.3 is 19.7 Å². The molecule has 1 aliphatic rings. The number of rotatable bonds is 5. The summed E-state index contributed by atoms with van der Waals surface area (Å²) in [5, 5.41) is 11.8. The Morgan fingerprint density at radius 2 is 1.94 bits per heavy atom. The third kappa shape index (κ3) is 6.48. The normalized spacial score (nSPS) is 15.8. The van der Waals surface area contributed by atoms with Crippen LogP contribution in [0.5, 0.6) is 5.75 Å². The van der Waals surface area contributed by atoms with Gasteiger partial charge in [-0.3, -0.25) is 4.79 Å². The van der Waals surface area contributed by atoms with Crippen molar-refractivity contribution < 1.29 is 19.1 Å². The molecular weight excluding hydrogens is 394 g/mol. The summed E-state index contributed by atoms with van der Waals surface area (Å²) in [7, 11) is 0. The Morgan fingerprint density at radius 3 is 2.61 bits per heavy atom. The third-order valence-corrected chi connectivity index (χ3v) is 4.73. The fraction of sp³-hybridized carbons (Fsp3) is 0.375. The Kier molecular flexibility index (Phi) is 6.81. The maximum atomic E-state index is 12.3. The molecule has 0 bridgehead atoms. The summed E-state index contributed by atoms with van der Waals surface area (Å²) in [5.74, 6) is 0.485. The number of likely N-dealkylation sites (tertiary alicyclic amines) is 1. The number of ether oxygens (including phenoxy) is 2. The largest absolute Gasteiger partial charge is 0.489 e. The zero-order chi connectivity index (χ0) is 22.4. The average Bonchev–Trinajstić information content (AvgIpc) is 3.20. The van der Waals surface area contributed by atoms with Gasteiger partial charge in [0, 0.05) is 25.1 Å². The Hall–Kier alpha value is -3.53. The van der Waals surface area contributed by atoms with Crippen LogP contribution in [0.2, 0.25) is 0 Å². The molecule has 2 aromatic carbocycles. The van der Waals surface area contributed by atoms with Gasteiger partial charge in [-0.15, -0.1) is 0 Å². The lowest BCUT2D eigenvalue weighted by Gasteiger charge is -2.24. The summed E-state index contributed by atoms with van der Waals surface area (Å²) in [6, 6.07) is 16.1. The van der Waals surface area contributed by atoms with E-state index in [2.05, 4.69) is 5.32 Å². The van der Waals surface area contributed by atoms with E-state index in [1.165, 1.54) is 0 Å². The number of nitriles is 1.